The summed E-state index contributed by atoms with van der Waals surface area (Å²) < 4.78 is 15.1. The summed E-state index contributed by atoms with van der Waals surface area (Å²) in [5, 5.41) is 40.0. The Morgan fingerprint density at radius 2 is 1.16 bits per heavy atom. The third kappa shape index (κ3) is 20.7. The Bertz CT molecular complexity index is 3330. The number of hydrazine groups is 2. The van der Waals surface area contributed by atoms with Crippen LogP contribution in [0.4, 0.5) is 0 Å². The first-order chi connectivity index (χ1) is 40.6. The molecule has 0 radical (unpaired) electrons. The number of unbranched alkanes of at least 4 members (excludes halogenated alkanes) is 2. The summed E-state index contributed by atoms with van der Waals surface area (Å²) in [4.78, 5) is 31.7. The van der Waals surface area contributed by atoms with Gasteiger partial charge in [-0.15, -0.1) is 15.0 Å². The molecular formula is C58H76Cl6N16O3SiSn. The number of amides is 2. The minimum atomic E-state index is -1.99. The van der Waals surface area contributed by atoms with Crippen molar-refractivity contribution in [2.24, 2.45) is 4.78 Å². The molecule has 0 atom stereocenters. The second-order valence-corrected chi connectivity index (χ2v) is 35.9. The molecule has 0 spiro atoms. The topological polar surface area (TPSA) is 237 Å². The summed E-state index contributed by atoms with van der Waals surface area (Å²) >= 11 is 35.5. The molecule has 9 rings (SSSR count). The van der Waals surface area contributed by atoms with Gasteiger partial charge in [-0.05, 0) is 96.8 Å². The molecule has 7 aromatic rings. The zero-order chi connectivity index (χ0) is 60.6. The molecule has 5 heterocycles. The Balaban J connectivity index is 0.000000287. The van der Waals surface area contributed by atoms with Crippen LogP contribution in [-0.4, -0.2) is 124 Å². The number of tetrazole rings is 1. The van der Waals surface area contributed by atoms with Crippen molar-refractivity contribution in [1.29, 1.82) is 5.26 Å². The van der Waals surface area contributed by atoms with Crippen molar-refractivity contribution in [3.05, 3.63) is 154 Å². The molecule has 27 heteroatoms. The van der Waals surface area contributed by atoms with Gasteiger partial charge >= 0.3 is 82.3 Å². The molecule has 2 fully saturated rings. The van der Waals surface area contributed by atoms with Gasteiger partial charge in [0.05, 0.1) is 45.3 Å². The van der Waals surface area contributed by atoms with E-state index in [1.807, 2.05) is 47.9 Å². The zero-order valence-electron chi connectivity index (χ0n) is 47.8. The normalized spacial score (nSPS) is 13.4. The maximum absolute atomic E-state index is 13.5. The minimum absolute atomic E-state index is 0. The number of nitrogens with one attached hydrogen (secondary N) is 3. The second kappa shape index (κ2) is 36.1. The summed E-state index contributed by atoms with van der Waals surface area (Å²) in [6.45, 7) is 9.61. The Morgan fingerprint density at radius 1 is 0.729 bits per heavy atom. The number of nitriles is 1. The average molecular weight is 1410 g/mol. The van der Waals surface area contributed by atoms with Crippen molar-refractivity contribution in [3.63, 3.8) is 0 Å². The predicted molar refractivity (Wildman–Crippen MR) is 351 cm³/mol. The summed E-state index contributed by atoms with van der Waals surface area (Å²) in [5.74, 6) is -0.241. The largest absolute Gasteiger partial charge is 0.286 e. The number of benzene rings is 4. The van der Waals surface area contributed by atoms with Crippen LogP contribution in [0.15, 0.2) is 89.7 Å². The van der Waals surface area contributed by atoms with Gasteiger partial charge in [0.1, 0.15) is 9.68 Å². The minimum Gasteiger partial charge on any atom is -0.283 e. The van der Waals surface area contributed by atoms with Crippen molar-refractivity contribution in [2.75, 3.05) is 33.3 Å². The van der Waals surface area contributed by atoms with Gasteiger partial charge < -0.3 is 0 Å². The van der Waals surface area contributed by atoms with E-state index in [1.54, 1.807) is 70.0 Å². The fourth-order valence-electron chi connectivity index (χ4n) is 9.46. The Hall–Kier alpha value is -5.25. The first-order valence-electron chi connectivity index (χ1n) is 28.0. The quantitative estimate of drug-likeness (QED) is 0.0298. The number of halogens is 6. The third-order valence-corrected chi connectivity index (χ3v) is 26.8. The first kappa shape index (κ1) is 70.5. The standard InChI is InChI=1S/C23H21Cl3N8O.C23H20Cl3N5O.2C4H9.CH5N3Si.CH3O.CH4.CH3.Sn.H2/c24-15-6-4-14(5-7-15)22-17(13-20-27-31-32-28-20)21(23(35)30-33-10-2-1-3-11-33)29-34(22)19-9-8-16(25)12-18(19)26;24-16-6-4-15(5-7-16)22-18(10-11-27)21(23(32)29-30-12-2-1-3-13-30)28-31(22)20-9-8-17(25)14-19(20)26;2*1-3-4-2;1-5-4-3-2;1-2;;;;/h4-9,12H,1-3,10-11,13H2,(H,30,35)(H,27,28,31,32);4-9,14H,1-3,10,12-13H2,(H,29,32);2*1,3-4H2,2H3;5H2,1H3;1H3;1H4;1H3;;1H/q;;;;;-1;;;+1;/i;;;;;;;;;1+1. The molecule has 0 bridgehead atoms. The fraction of sp³-hybridized carbons (Fsp3) is 0.414. The zero-order valence-corrected chi connectivity index (χ0v) is 56.6. The van der Waals surface area contributed by atoms with Gasteiger partial charge in [-0.2, -0.15) is 20.7 Å². The Labute approximate surface area is 536 Å². The predicted octanol–water partition coefficient (Wildman–Crippen LogP) is 15.5. The number of hydrogen-bond donors (Lipinski definition) is 3. The summed E-state index contributed by atoms with van der Waals surface area (Å²) in [6.07, 6.45) is 12.0. The van der Waals surface area contributed by atoms with Gasteiger partial charge in [0.15, 0.2) is 17.2 Å². The summed E-state index contributed by atoms with van der Waals surface area (Å²) in [6, 6.07) is 26.8. The van der Waals surface area contributed by atoms with E-state index in [0.717, 1.165) is 75.8 Å². The SMILES string of the molecule is C.CCC[CH2][Sn]([CH3])([CH2]CCC)[O]C.C[SiH2]N=[N+]=[N-].N#CCc1c(C(=O)NN2CCCCC2)nn(-c2ccc(Cl)cc2Cl)c1-c1ccc(Cl)cc1.O=C(NN1CCCCC1)c1nn(-c2ccc(Cl)cc2Cl)c(-c2ccc(Cl)cc2)c1Cc1nn[nH]n1.[2HH]. The molecule has 2 aliphatic heterocycles. The first-order valence-corrected chi connectivity index (χ1v) is 40.4. The van der Waals surface area contributed by atoms with Crippen molar-refractivity contribution in [3.8, 4) is 40.0 Å². The maximum atomic E-state index is 13.5. The molecule has 3 N–H and O–H groups in total. The second-order valence-electron chi connectivity index (χ2n) is 20.1. The molecule has 4 aromatic carbocycles. The molecule has 3 aromatic heterocycles. The number of piperidine rings is 2. The molecule has 0 unspecified atom stereocenters. The number of carbonyl (C=O) groups is 2. The van der Waals surface area contributed by atoms with Crippen LogP contribution in [0.1, 0.15) is 125 Å². The van der Waals surface area contributed by atoms with E-state index in [9.17, 15) is 14.9 Å². The molecule has 85 heavy (non-hydrogen) atoms. The summed E-state index contributed by atoms with van der Waals surface area (Å²) in [5.41, 5.74) is 19.1. The van der Waals surface area contributed by atoms with Crippen molar-refractivity contribution in [2.45, 2.75) is 119 Å². The number of aromatic amines is 1. The number of hydrogen-bond acceptors (Lipinski definition) is 12. The van der Waals surface area contributed by atoms with E-state index in [0.29, 0.717) is 69.8 Å². The van der Waals surface area contributed by atoms with Gasteiger partial charge in [-0.25, -0.2) is 19.4 Å². The molecule has 2 amide bonds. The smallest absolute Gasteiger partial charge is 0.283 e. The van der Waals surface area contributed by atoms with Crippen LogP contribution >= 0.6 is 69.6 Å². The molecular weight excluding hydrogens is 1330 g/mol. The third-order valence-electron chi connectivity index (χ3n) is 13.9. The van der Waals surface area contributed by atoms with Crippen LogP contribution in [0.5, 0.6) is 0 Å². The van der Waals surface area contributed by atoms with E-state index in [1.165, 1.54) is 34.6 Å². The van der Waals surface area contributed by atoms with E-state index in [4.69, 9.17) is 83.3 Å². The van der Waals surface area contributed by atoms with E-state index < -0.39 is 18.8 Å². The van der Waals surface area contributed by atoms with Crippen molar-refractivity contribution >= 4 is 110 Å². The van der Waals surface area contributed by atoms with Gasteiger partial charge in [0.25, 0.3) is 11.8 Å². The van der Waals surface area contributed by atoms with Gasteiger partial charge in [0.2, 0.25) is 0 Å². The van der Waals surface area contributed by atoms with Crippen LogP contribution in [0.2, 0.25) is 50.5 Å². The Kier molecular flexibility index (Phi) is 30.0. The van der Waals surface area contributed by atoms with Gasteiger partial charge in [-0.1, -0.05) is 126 Å². The molecule has 19 nitrogen and oxygen atoms in total. The van der Waals surface area contributed by atoms with E-state index >= 15 is 0 Å². The van der Waals surface area contributed by atoms with Crippen LogP contribution in [0.3, 0.4) is 0 Å². The monoisotopic (exact) mass is 1400 g/mol. The number of azide groups is 1. The number of aromatic nitrogens is 8. The van der Waals surface area contributed by atoms with Crippen LogP contribution in [0, 0.1) is 11.3 Å². The molecule has 0 aliphatic carbocycles. The van der Waals surface area contributed by atoms with E-state index in [-0.39, 0.29) is 54.6 Å². The van der Waals surface area contributed by atoms with Gasteiger partial charge in [0, 0.05) is 76.4 Å². The molecule has 0 saturated carbocycles. The van der Waals surface area contributed by atoms with E-state index in [2.05, 4.69) is 71.1 Å². The molecule has 2 saturated heterocycles. The number of nitrogens with zero attached hydrogens (tertiary/aromatic N) is 13. The fourth-order valence-corrected chi connectivity index (χ4v) is 19.0. The Morgan fingerprint density at radius 3 is 1.53 bits per heavy atom. The average Bonchev–Trinajstić information content (AvgIpc) is 1.79. The molecule has 456 valence electrons. The van der Waals surface area contributed by atoms with Crippen LogP contribution in [-0.2, 0) is 15.9 Å². The maximum Gasteiger partial charge on any atom is 0.286 e. The number of carbonyl (C=O) groups excluding carboxylic acids is 2. The van der Waals surface area contributed by atoms with Crippen LogP contribution < -0.4 is 10.9 Å². The van der Waals surface area contributed by atoms with Crippen molar-refractivity contribution < 1.29 is 14.1 Å². The molecule has 2 aliphatic rings. The summed E-state index contributed by atoms with van der Waals surface area (Å²) in [7, 11) is 1.55. The number of rotatable bonds is 19. The van der Waals surface area contributed by atoms with Crippen molar-refractivity contribution in [1.82, 2.24) is 61.1 Å². The number of H-pyrrole nitrogens is 1. The van der Waals surface area contributed by atoms with Crippen LogP contribution in [0.25, 0.3) is 44.3 Å². The van der Waals surface area contributed by atoms with Gasteiger partial charge in [-0.3, -0.25) is 20.4 Å².